The molecule has 0 spiro atoms. The summed E-state index contributed by atoms with van der Waals surface area (Å²) in [6, 6.07) is 8.88. The van der Waals surface area contributed by atoms with Gasteiger partial charge in [-0.3, -0.25) is 14.5 Å². The van der Waals surface area contributed by atoms with E-state index in [-0.39, 0.29) is 49.3 Å². The maximum Gasteiger partial charge on any atom is 0.239 e. The average Bonchev–Trinajstić information content (AvgIpc) is 2.57. The molecule has 0 radical (unpaired) electrons. The summed E-state index contributed by atoms with van der Waals surface area (Å²) in [4.78, 5) is 26.0. The van der Waals surface area contributed by atoms with Gasteiger partial charge in [-0.2, -0.15) is 0 Å². The van der Waals surface area contributed by atoms with E-state index in [1.165, 1.54) is 7.11 Å². The summed E-state index contributed by atoms with van der Waals surface area (Å²) < 4.78 is 4.89. The first-order valence-electron chi connectivity index (χ1n) is 8.20. The third-order valence-electron chi connectivity index (χ3n) is 4.04. The normalized spacial score (nSPS) is 15.9. The van der Waals surface area contributed by atoms with Crippen molar-refractivity contribution in [2.45, 2.75) is 24.9 Å². The highest BCUT2D eigenvalue weighted by Crippen LogP contribution is 2.11. The summed E-state index contributed by atoms with van der Waals surface area (Å²) in [5.74, 6) is -0.206. The van der Waals surface area contributed by atoms with Gasteiger partial charge in [-0.15, -0.1) is 24.8 Å². The van der Waals surface area contributed by atoms with Crippen LogP contribution in [0.3, 0.4) is 0 Å². The molecule has 1 aromatic rings. The number of anilines is 1. The summed E-state index contributed by atoms with van der Waals surface area (Å²) in [5, 5.41) is 5.83. The van der Waals surface area contributed by atoms with Gasteiger partial charge in [-0.1, -0.05) is 18.2 Å². The molecule has 1 aromatic carbocycles. The number of rotatable bonds is 7. The van der Waals surface area contributed by atoms with Crippen LogP contribution in [0.2, 0.25) is 0 Å². The molecule has 2 rings (SSSR count). The van der Waals surface area contributed by atoms with Gasteiger partial charge in [0.1, 0.15) is 6.04 Å². The summed E-state index contributed by atoms with van der Waals surface area (Å²) in [6.45, 7) is 2.11. The van der Waals surface area contributed by atoms with Gasteiger partial charge in [0.2, 0.25) is 11.8 Å². The summed E-state index contributed by atoms with van der Waals surface area (Å²) in [6.07, 6.45) is 1.62. The van der Waals surface area contributed by atoms with E-state index in [1.54, 1.807) is 0 Å². The van der Waals surface area contributed by atoms with E-state index in [9.17, 15) is 9.59 Å². The second-order valence-corrected chi connectivity index (χ2v) is 6.04. The topological polar surface area (TPSA) is 96.7 Å². The molecule has 4 N–H and O–H groups in total. The van der Waals surface area contributed by atoms with Gasteiger partial charge in [-0.25, -0.2) is 0 Å². The van der Waals surface area contributed by atoms with E-state index in [0.717, 1.165) is 31.6 Å². The Morgan fingerprint density at radius 2 is 1.85 bits per heavy atom. The van der Waals surface area contributed by atoms with Gasteiger partial charge in [0.05, 0.1) is 13.2 Å². The number of amides is 2. The van der Waals surface area contributed by atoms with Crippen LogP contribution >= 0.6 is 24.8 Å². The highest BCUT2D eigenvalue weighted by atomic mass is 35.5. The molecule has 1 unspecified atom stereocenters. The first-order valence-corrected chi connectivity index (χ1v) is 8.20. The van der Waals surface area contributed by atoms with Crippen molar-refractivity contribution in [2.24, 2.45) is 5.73 Å². The molecule has 1 atom stereocenters. The molecule has 1 aliphatic rings. The second kappa shape index (κ2) is 12.9. The Hall–Kier alpha value is -1.38. The number of piperidine rings is 1. The number of nitrogens with two attached hydrogens (primary N) is 1. The lowest BCUT2D eigenvalue weighted by Crippen LogP contribution is -2.51. The number of benzene rings is 1. The maximum absolute atomic E-state index is 12.0. The lowest BCUT2D eigenvalue weighted by atomic mass is 10.0. The molecule has 26 heavy (non-hydrogen) atoms. The number of ether oxygens (including phenoxy) is 1. The molecule has 1 heterocycles. The first-order chi connectivity index (χ1) is 11.6. The zero-order valence-electron chi connectivity index (χ0n) is 14.8. The Balaban J connectivity index is 0.00000312. The number of para-hydroxylation sites is 1. The number of carbonyl (C=O) groups excluding carboxylic acids is 2. The fourth-order valence-electron chi connectivity index (χ4n) is 2.72. The molecule has 1 saturated heterocycles. The molecule has 7 nitrogen and oxygen atoms in total. The Kier molecular flexibility index (Phi) is 12.2. The van der Waals surface area contributed by atoms with Crippen LogP contribution in [0.1, 0.15) is 12.8 Å². The number of carbonyl (C=O) groups is 2. The van der Waals surface area contributed by atoms with E-state index < -0.39 is 6.04 Å². The summed E-state index contributed by atoms with van der Waals surface area (Å²) in [5.41, 5.74) is 6.51. The van der Waals surface area contributed by atoms with Crippen LogP contribution in [0.25, 0.3) is 0 Å². The SMILES string of the molecule is COCC(N)C(=O)NC1CCN(CC(=O)Nc2ccccc2)CC1.Cl.Cl. The summed E-state index contributed by atoms with van der Waals surface area (Å²) >= 11 is 0. The fourth-order valence-corrected chi connectivity index (χ4v) is 2.72. The van der Waals surface area contributed by atoms with Crippen molar-refractivity contribution in [2.75, 3.05) is 38.7 Å². The molecule has 0 aromatic heterocycles. The van der Waals surface area contributed by atoms with E-state index in [1.807, 2.05) is 30.3 Å². The number of halogens is 2. The van der Waals surface area contributed by atoms with Gasteiger partial charge in [0.25, 0.3) is 0 Å². The minimum absolute atomic E-state index is 0. The third-order valence-corrected chi connectivity index (χ3v) is 4.04. The van der Waals surface area contributed by atoms with Gasteiger partial charge in [0, 0.05) is 31.9 Å². The van der Waals surface area contributed by atoms with Crippen LogP contribution in [-0.2, 0) is 14.3 Å². The highest BCUT2D eigenvalue weighted by Gasteiger charge is 2.23. The van der Waals surface area contributed by atoms with Crippen molar-refractivity contribution in [3.05, 3.63) is 30.3 Å². The molecule has 0 aliphatic carbocycles. The molecular weight excluding hydrogens is 379 g/mol. The van der Waals surface area contributed by atoms with Crippen LogP contribution in [0.4, 0.5) is 5.69 Å². The highest BCUT2D eigenvalue weighted by molar-refractivity contribution is 5.92. The van der Waals surface area contributed by atoms with E-state index in [4.69, 9.17) is 10.5 Å². The fraction of sp³-hybridized carbons (Fsp3) is 0.529. The molecule has 9 heteroatoms. The predicted molar refractivity (Wildman–Crippen MR) is 107 cm³/mol. The van der Waals surface area contributed by atoms with Gasteiger partial charge in [-0.05, 0) is 25.0 Å². The monoisotopic (exact) mass is 406 g/mol. The number of likely N-dealkylation sites (tertiary alicyclic amines) is 1. The lowest BCUT2D eigenvalue weighted by molar-refractivity contribution is -0.124. The number of nitrogens with zero attached hydrogens (tertiary/aromatic N) is 1. The Labute approximate surface area is 166 Å². The van der Waals surface area contributed by atoms with Crippen LogP contribution < -0.4 is 16.4 Å². The minimum Gasteiger partial charge on any atom is -0.383 e. The van der Waals surface area contributed by atoms with Crippen LogP contribution in [-0.4, -0.2) is 62.1 Å². The van der Waals surface area contributed by atoms with Crippen LogP contribution in [0, 0.1) is 0 Å². The Bertz CT molecular complexity index is 540. The van der Waals surface area contributed by atoms with Crippen LogP contribution in [0.5, 0.6) is 0 Å². The molecule has 0 bridgehead atoms. The van der Waals surface area contributed by atoms with Crippen molar-refractivity contribution < 1.29 is 14.3 Å². The van der Waals surface area contributed by atoms with Crippen molar-refractivity contribution in [1.29, 1.82) is 0 Å². The van der Waals surface area contributed by atoms with Crippen molar-refractivity contribution in [3.8, 4) is 0 Å². The molecule has 148 valence electrons. The summed E-state index contributed by atoms with van der Waals surface area (Å²) in [7, 11) is 1.52. The second-order valence-electron chi connectivity index (χ2n) is 6.04. The molecule has 1 aliphatic heterocycles. The van der Waals surface area contributed by atoms with Crippen molar-refractivity contribution >= 4 is 42.3 Å². The number of nitrogens with one attached hydrogen (secondary N) is 2. The number of hydrogen-bond acceptors (Lipinski definition) is 5. The molecule has 0 saturated carbocycles. The lowest BCUT2D eigenvalue weighted by Gasteiger charge is -2.32. The number of methoxy groups -OCH3 is 1. The average molecular weight is 407 g/mol. The van der Waals surface area contributed by atoms with Crippen molar-refractivity contribution in [3.63, 3.8) is 0 Å². The quantitative estimate of drug-likeness (QED) is 0.627. The van der Waals surface area contributed by atoms with Gasteiger partial charge in [0.15, 0.2) is 0 Å². The van der Waals surface area contributed by atoms with E-state index in [0.29, 0.717) is 6.54 Å². The van der Waals surface area contributed by atoms with Crippen molar-refractivity contribution in [1.82, 2.24) is 10.2 Å². The predicted octanol–water partition coefficient (Wildman–Crippen LogP) is 1.02. The molecular formula is C17H28Cl2N4O3. The Morgan fingerprint density at radius 3 is 2.42 bits per heavy atom. The third kappa shape index (κ3) is 8.33. The van der Waals surface area contributed by atoms with Gasteiger partial charge < -0.3 is 21.1 Å². The first kappa shape index (κ1) is 24.6. The minimum atomic E-state index is -0.635. The van der Waals surface area contributed by atoms with Crippen LogP contribution in [0.15, 0.2) is 30.3 Å². The Morgan fingerprint density at radius 1 is 1.23 bits per heavy atom. The zero-order chi connectivity index (χ0) is 17.4. The smallest absolute Gasteiger partial charge is 0.239 e. The van der Waals surface area contributed by atoms with E-state index in [2.05, 4.69) is 15.5 Å². The standard InChI is InChI=1S/C17H26N4O3.2ClH/c1-24-12-15(18)17(23)20-14-7-9-21(10-8-14)11-16(22)19-13-5-3-2-4-6-13;;/h2-6,14-15H,7-12,18H2,1H3,(H,19,22)(H,20,23);2*1H. The zero-order valence-corrected chi connectivity index (χ0v) is 16.5. The van der Waals surface area contributed by atoms with E-state index >= 15 is 0 Å². The molecule has 1 fully saturated rings. The number of hydrogen-bond donors (Lipinski definition) is 3. The molecule has 2 amide bonds. The maximum atomic E-state index is 12.0. The largest absolute Gasteiger partial charge is 0.383 e. The van der Waals surface area contributed by atoms with Gasteiger partial charge >= 0.3 is 0 Å².